The van der Waals surface area contributed by atoms with Gasteiger partial charge in [0, 0.05) is 0 Å². The fourth-order valence-electron chi connectivity index (χ4n) is 0.977. The Morgan fingerprint density at radius 1 is 1.27 bits per heavy atom. The van der Waals surface area contributed by atoms with Gasteiger partial charge in [-0.1, -0.05) is 23.2 Å². The highest BCUT2D eigenvalue weighted by Gasteiger charge is 2.34. The Morgan fingerprint density at radius 3 is 2.33 bits per heavy atom. The average molecular weight is 257 g/mol. The highest BCUT2D eigenvalue weighted by Crippen LogP contribution is 2.38. The molecular formula is C8H5Cl2F3N2. The quantitative estimate of drug-likeness (QED) is 0.468. The van der Waals surface area contributed by atoms with E-state index in [4.69, 9.17) is 29.0 Å². The summed E-state index contributed by atoms with van der Waals surface area (Å²) in [7, 11) is 0. The highest BCUT2D eigenvalue weighted by molar-refractivity contribution is 6.42. The molecule has 2 nitrogen and oxygen atoms in total. The first kappa shape index (κ1) is 12.1. The minimum Gasteiger partial charge on any atom is -0.323 e. The molecule has 0 aliphatic carbocycles. The van der Waals surface area contributed by atoms with Crippen molar-refractivity contribution >= 4 is 29.4 Å². The smallest absolute Gasteiger partial charge is 0.323 e. The maximum atomic E-state index is 12.4. The largest absolute Gasteiger partial charge is 0.417 e. The molecular weight excluding hydrogens is 252 g/mol. The maximum Gasteiger partial charge on any atom is 0.417 e. The van der Waals surface area contributed by atoms with Gasteiger partial charge in [-0.3, -0.25) is 0 Å². The average Bonchev–Trinajstić information content (AvgIpc) is 2.09. The normalized spacial score (nSPS) is 12.3. The number of nitrogens with zero attached hydrogens (tertiary/aromatic N) is 1. The van der Waals surface area contributed by atoms with Crippen LogP contribution in [-0.4, -0.2) is 6.21 Å². The lowest BCUT2D eigenvalue weighted by Gasteiger charge is -2.10. The SMILES string of the molecule is NN=Cc1cc(Cl)c(Cl)c(C(F)(F)F)c1. The van der Waals surface area contributed by atoms with E-state index < -0.39 is 16.8 Å². The lowest BCUT2D eigenvalue weighted by Crippen LogP contribution is -2.07. The Kier molecular flexibility index (Phi) is 3.46. The summed E-state index contributed by atoms with van der Waals surface area (Å²) in [5, 5.41) is 2.38. The Morgan fingerprint density at radius 2 is 1.87 bits per heavy atom. The van der Waals surface area contributed by atoms with Crippen molar-refractivity contribution in [1.29, 1.82) is 0 Å². The summed E-state index contributed by atoms with van der Waals surface area (Å²) in [6.07, 6.45) is -3.50. The fourth-order valence-corrected chi connectivity index (χ4v) is 1.42. The molecule has 0 unspecified atom stereocenters. The molecule has 0 heterocycles. The maximum absolute atomic E-state index is 12.4. The number of hydrogen-bond donors (Lipinski definition) is 1. The van der Waals surface area contributed by atoms with Gasteiger partial charge in [0.2, 0.25) is 0 Å². The van der Waals surface area contributed by atoms with Crippen LogP contribution in [0.15, 0.2) is 17.2 Å². The van der Waals surface area contributed by atoms with Crippen molar-refractivity contribution in [2.75, 3.05) is 0 Å². The van der Waals surface area contributed by atoms with Crippen LogP contribution in [0.1, 0.15) is 11.1 Å². The van der Waals surface area contributed by atoms with E-state index in [1.807, 2.05) is 0 Å². The van der Waals surface area contributed by atoms with Gasteiger partial charge in [0.05, 0.1) is 21.8 Å². The molecule has 82 valence electrons. The van der Waals surface area contributed by atoms with Gasteiger partial charge in [-0.2, -0.15) is 18.3 Å². The second kappa shape index (κ2) is 4.28. The van der Waals surface area contributed by atoms with Crippen molar-refractivity contribution in [2.45, 2.75) is 6.18 Å². The monoisotopic (exact) mass is 256 g/mol. The zero-order valence-corrected chi connectivity index (χ0v) is 8.66. The van der Waals surface area contributed by atoms with Gasteiger partial charge in [0.1, 0.15) is 0 Å². The van der Waals surface area contributed by atoms with Gasteiger partial charge in [0.15, 0.2) is 0 Å². The zero-order valence-electron chi connectivity index (χ0n) is 7.15. The van der Waals surface area contributed by atoms with E-state index >= 15 is 0 Å². The second-order valence-electron chi connectivity index (χ2n) is 2.64. The minimum absolute atomic E-state index is 0.138. The molecule has 15 heavy (non-hydrogen) atoms. The van der Waals surface area contributed by atoms with Crippen molar-refractivity contribution < 1.29 is 13.2 Å². The number of hydrogen-bond acceptors (Lipinski definition) is 2. The number of alkyl halides is 3. The summed E-state index contributed by atoms with van der Waals surface area (Å²) in [5.41, 5.74) is -0.870. The molecule has 0 fully saturated rings. The number of hydrazone groups is 1. The molecule has 0 saturated carbocycles. The summed E-state index contributed by atoms with van der Waals surface area (Å²) in [4.78, 5) is 0. The van der Waals surface area contributed by atoms with E-state index in [1.165, 1.54) is 6.07 Å². The highest BCUT2D eigenvalue weighted by atomic mass is 35.5. The van der Waals surface area contributed by atoms with Gasteiger partial charge >= 0.3 is 6.18 Å². The van der Waals surface area contributed by atoms with Gasteiger partial charge in [-0.05, 0) is 17.7 Å². The van der Waals surface area contributed by atoms with Crippen molar-refractivity contribution in [2.24, 2.45) is 10.9 Å². The summed E-state index contributed by atoms with van der Waals surface area (Å²) in [6.45, 7) is 0. The van der Waals surface area contributed by atoms with Crippen LogP contribution >= 0.6 is 23.2 Å². The van der Waals surface area contributed by atoms with Crippen LogP contribution in [0, 0.1) is 0 Å². The molecule has 0 atom stereocenters. The second-order valence-corrected chi connectivity index (χ2v) is 3.43. The van der Waals surface area contributed by atoms with Crippen LogP contribution in [0.2, 0.25) is 10.0 Å². The first-order valence-electron chi connectivity index (χ1n) is 3.65. The molecule has 0 spiro atoms. The lowest BCUT2D eigenvalue weighted by atomic mass is 10.1. The molecule has 0 amide bonds. The molecule has 0 saturated heterocycles. The van der Waals surface area contributed by atoms with Crippen LogP contribution in [0.4, 0.5) is 13.2 Å². The van der Waals surface area contributed by atoms with E-state index in [0.717, 1.165) is 12.3 Å². The molecule has 1 aromatic carbocycles. The van der Waals surface area contributed by atoms with Crippen molar-refractivity contribution in [1.82, 2.24) is 0 Å². The van der Waals surface area contributed by atoms with Crippen molar-refractivity contribution in [3.63, 3.8) is 0 Å². The number of benzene rings is 1. The predicted molar refractivity (Wildman–Crippen MR) is 53.2 cm³/mol. The van der Waals surface area contributed by atoms with E-state index in [1.54, 1.807) is 0 Å². The first-order valence-corrected chi connectivity index (χ1v) is 4.41. The number of rotatable bonds is 1. The number of halogens is 5. The first-order chi connectivity index (χ1) is 6.86. The Hall–Kier alpha value is -0.940. The number of nitrogens with two attached hydrogens (primary N) is 1. The molecule has 0 aromatic heterocycles. The molecule has 2 N–H and O–H groups in total. The Balaban J connectivity index is 3.38. The van der Waals surface area contributed by atoms with Gasteiger partial charge in [-0.25, -0.2) is 0 Å². The molecule has 1 aromatic rings. The van der Waals surface area contributed by atoms with Crippen LogP contribution in [0.3, 0.4) is 0 Å². The molecule has 7 heteroatoms. The summed E-state index contributed by atoms with van der Waals surface area (Å²) in [5.74, 6) is 4.82. The molecule has 0 radical (unpaired) electrons. The van der Waals surface area contributed by atoms with Crippen molar-refractivity contribution in [3.8, 4) is 0 Å². The molecule has 0 aliphatic rings. The Labute approximate surface area is 93.5 Å². The molecule has 0 bridgehead atoms. The van der Waals surface area contributed by atoms with Crippen LogP contribution in [-0.2, 0) is 6.18 Å². The van der Waals surface area contributed by atoms with Crippen molar-refractivity contribution in [3.05, 3.63) is 33.3 Å². The predicted octanol–water partition coefficient (Wildman–Crippen LogP) is 3.30. The summed E-state index contributed by atoms with van der Waals surface area (Å²) >= 11 is 10.9. The molecule has 0 aliphatic heterocycles. The third kappa shape index (κ3) is 2.76. The third-order valence-corrected chi connectivity index (χ3v) is 2.38. The summed E-state index contributed by atoms with van der Waals surface area (Å²) < 4.78 is 37.3. The topological polar surface area (TPSA) is 38.4 Å². The van der Waals surface area contributed by atoms with Gasteiger partial charge in [0.25, 0.3) is 0 Å². The van der Waals surface area contributed by atoms with Gasteiger partial charge < -0.3 is 5.84 Å². The van der Waals surface area contributed by atoms with Crippen LogP contribution in [0.25, 0.3) is 0 Å². The van der Waals surface area contributed by atoms with E-state index in [2.05, 4.69) is 5.10 Å². The minimum atomic E-state index is -4.56. The van der Waals surface area contributed by atoms with E-state index in [9.17, 15) is 13.2 Å². The van der Waals surface area contributed by atoms with Crippen LogP contribution < -0.4 is 5.84 Å². The standard InChI is InChI=1S/C8H5Cl2F3N2/c9-6-2-4(3-15-14)1-5(7(6)10)8(11,12)13/h1-3H,14H2. The van der Waals surface area contributed by atoms with E-state index in [-0.39, 0.29) is 10.6 Å². The Bertz CT molecular complexity index is 402. The van der Waals surface area contributed by atoms with Gasteiger partial charge in [-0.15, -0.1) is 0 Å². The fraction of sp³-hybridized carbons (Fsp3) is 0.125. The van der Waals surface area contributed by atoms with Crippen LogP contribution in [0.5, 0.6) is 0 Å². The summed E-state index contributed by atoms with van der Waals surface area (Å²) in [6, 6.07) is 2.07. The zero-order chi connectivity index (χ0) is 11.6. The van der Waals surface area contributed by atoms with E-state index in [0.29, 0.717) is 0 Å². The third-order valence-electron chi connectivity index (χ3n) is 1.58. The molecule has 1 rings (SSSR count). The lowest BCUT2D eigenvalue weighted by molar-refractivity contribution is -0.137.